The van der Waals surface area contributed by atoms with Gasteiger partial charge >= 0.3 is 11.9 Å². The molecule has 0 fully saturated rings. The largest absolute Gasteiger partial charge is 0.478 e. The van der Waals surface area contributed by atoms with E-state index in [0.717, 1.165) is 0 Å². The van der Waals surface area contributed by atoms with Crippen molar-refractivity contribution in [2.45, 2.75) is 20.3 Å². The highest BCUT2D eigenvalue weighted by Crippen LogP contribution is 2.04. The first-order valence-corrected chi connectivity index (χ1v) is 4.22. The summed E-state index contributed by atoms with van der Waals surface area (Å²) in [7, 11) is 1.29. The highest BCUT2D eigenvalue weighted by molar-refractivity contribution is 5.90. The van der Waals surface area contributed by atoms with Crippen molar-refractivity contribution in [3.8, 4) is 0 Å². The van der Waals surface area contributed by atoms with Gasteiger partial charge in [0.25, 0.3) is 0 Å². The molecular formula is C10H14O4. The smallest absolute Gasteiger partial charge is 0.333 e. The van der Waals surface area contributed by atoms with E-state index >= 15 is 0 Å². The molecule has 0 spiro atoms. The van der Waals surface area contributed by atoms with E-state index in [4.69, 9.17) is 5.11 Å². The molecular weight excluding hydrogens is 184 g/mol. The molecule has 0 saturated heterocycles. The Labute approximate surface area is 82.9 Å². The molecule has 78 valence electrons. The van der Waals surface area contributed by atoms with Crippen LogP contribution in [-0.2, 0) is 14.3 Å². The second kappa shape index (κ2) is 5.96. The third kappa shape index (κ3) is 3.89. The second-order valence-electron chi connectivity index (χ2n) is 2.69. The third-order valence-electron chi connectivity index (χ3n) is 1.70. The van der Waals surface area contributed by atoms with E-state index in [1.165, 1.54) is 26.2 Å². The molecule has 0 aromatic carbocycles. The van der Waals surface area contributed by atoms with Crippen LogP contribution in [0.4, 0.5) is 0 Å². The van der Waals surface area contributed by atoms with Gasteiger partial charge in [0.2, 0.25) is 0 Å². The number of carboxylic acid groups (broad SMARTS) is 1. The molecule has 0 bridgehead atoms. The molecule has 14 heavy (non-hydrogen) atoms. The van der Waals surface area contributed by atoms with Crippen LogP contribution >= 0.6 is 0 Å². The summed E-state index contributed by atoms with van der Waals surface area (Å²) >= 11 is 0. The average Bonchev–Trinajstić information content (AvgIpc) is 2.17. The van der Waals surface area contributed by atoms with Crippen LogP contribution in [0.15, 0.2) is 23.3 Å². The number of methoxy groups -OCH3 is 1. The van der Waals surface area contributed by atoms with Crippen LogP contribution in [0.2, 0.25) is 0 Å². The molecule has 0 saturated carbocycles. The van der Waals surface area contributed by atoms with Gasteiger partial charge in [-0.05, 0) is 13.3 Å². The topological polar surface area (TPSA) is 63.6 Å². The number of carbonyl (C=O) groups excluding carboxylic acids is 1. The van der Waals surface area contributed by atoms with Gasteiger partial charge in [-0.2, -0.15) is 0 Å². The number of rotatable bonds is 4. The number of hydrogen-bond acceptors (Lipinski definition) is 3. The Morgan fingerprint density at radius 2 is 1.93 bits per heavy atom. The van der Waals surface area contributed by atoms with Crippen molar-refractivity contribution in [3.05, 3.63) is 23.3 Å². The minimum absolute atomic E-state index is 0.180. The van der Waals surface area contributed by atoms with E-state index in [1.54, 1.807) is 6.92 Å². The van der Waals surface area contributed by atoms with Crippen LogP contribution in [0.5, 0.6) is 0 Å². The van der Waals surface area contributed by atoms with Crippen molar-refractivity contribution in [2.24, 2.45) is 0 Å². The van der Waals surface area contributed by atoms with Crippen LogP contribution in [-0.4, -0.2) is 24.2 Å². The number of hydrogen-bond donors (Lipinski definition) is 1. The van der Waals surface area contributed by atoms with E-state index in [1.807, 2.05) is 0 Å². The predicted octanol–water partition coefficient (Wildman–Crippen LogP) is 1.53. The lowest BCUT2D eigenvalue weighted by atomic mass is 10.1. The number of aliphatic carboxylic acids is 1. The lowest BCUT2D eigenvalue weighted by Gasteiger charge is -1.99. The maximum Gasteiger partial charge on any atom is 0.333 e. The Hall–Kier alpha value is -1.58. The first-order valence-electron chi connectivity index (χ1n) is 4.22. The van der Waals surface area contributed by atoms with Gasteiger partial charge in [-0.3, -0.25) is 0 Å². The highest BCUT2D eigenvalue weighted by atomic mass is 16.5. The molecule has 4 nitrogen and oxygen atoms in total. The summed E-state index contributed by atoms with van der Waals surface area (Å²) in [6, 6.07) is 0. The molecule has 0 aliphatic heterocycles. The molecule has 0 aromatic rings. The summed E-state index contributed by atoms with van der Waals surface area (Å²) in [5.74, 6) is -1.43. The monoisotopic (exact) mass is 198 g/mol. The number of ether oxygens (including phenoxy) is 1. The summed E-state index contributed by atoms with van der Waals surface area (Å²) < 4.78 is 4.51. The Balaban J connectivity index is 4.70. The van der Waals surface area contributed by atoms with Gasteiger partial charge in [0.1, 0.15) is 0 Å². The highest BCUT2D eigenvalue weighted by Gasteiger charge is 2.05. The molecule has 0 aromatic heterocycles. The van der Waals surface area contributed by atoms with E-state index in [0.29, 0.717) is 12.0 Å². The van der Waals surface area contributed by atoms with Gasteiger partial charge in [-0.15, -0.1) is 0 Å². The van der Waals surface area contributed by atoms with Gasteiger partial charge in [0.15, 0.2) is 0 Å². The van der Waals surface area contributed by atoms with Crippen LogP contribution in [0, 0.1) is 0 Å². The molecule has 0 aliphatic carbocycles. The SMILES string of the molecule is CCC(=CC=C(C)C(=O)O)C(=O)OC. The minimum atomic E-state index is -0.999. The van der Waals surface area contributed by atoms with E-state index in [2.05, 4.69) is 4.74 Å². The molecule has 0 atom stereocenters. The lowest BCUT2D eigenvalue weighted by molar-refractivity contribution is -0.136. The summed E-state index contributed by atoms with van der Waals surface area (Å²) in [5, 5.41) is 8.55. The molecule has 4 heteroatoms. The van der Waals surface area contributed by atoms with E-state index in [-0.39, 0.29) is 5.57 Å². The average molecular weight is 198 g/mol. The summed E-state index contributed by atoms with van der Waals surface area (Å²) in [6.07, 6.45) is 3.36. The zero-order valence-electron chi connectivity index (χ0n) is 8.53. The third-order valence-corrected chi connectivity index (χ3v) is 1.70. The van der Waals surface area contributed by atoms with E-state index < -0.39 is 11.9 Å². The molecule has 0 unspecified atom stereocenters. The fraction of sp³-hybridized carbons (Fsp3) is 0.400. The zero-order valence-corrected chi connectivity index (χ0v) is 8.53. The molecule has 0 amide bonds. The maximum absolute atomic E-state index is 11.1. The predicted molar refractivity (Wildman–Crippen MR) is 51.8 cm³/mol. The van der Waals surface area contributed by atoms with Crippen molar-refractivity contribution in [3.63, 3.8) is 0 Å². The van der Waals surface area contributed by atoms with Crippen LogP contribution in [0.1, 0.15) is 20.3 Å². The van der Waals surface area contributed by atoms with Crippen molar-refractivity contribution in [1.82, 2.24) is 0 Å². The number of esters is 1. The van der Waals surface area contributed by atoms with Crippen LogP contribution in [0.25, 0.3) is 0 Å². The zero-order chi connectivity index (χ0) is 11.1. The summed E-state index contributed by atoms with van der Waals surface area (Å²) in [5.41, 5.74) is 0.632. The standard InChI is InChI=1S/C10H14O4/c1-4-8(10(13)14-3)6-5-7(2)9(11)12/h5-6H,4H2,1-3H3,(H,11,12). The van der Waals surface area contributed by atoms with Gasteiger partial charge in [0.05, 0.1) is 7.11 Å². The van der Waals surface area contributed by atoms with Crippen LogP contribution < -0.4 is 0 Å². The quantitative estimate of drug-likeness (QED) is 0.422. The Bertz CT molecular complexity index is 286. The molecule has 0 heterocycles. The minimum Gasteiger partial charge on any atom is -0.478 e. The normalized spacial score (nSPS) is 12.5. The summed E-state index contributed by atoms with van der Waals surface area (Å²) in [6.45, 7) is 3.26. The van der Waals surface area contributed by atoms with E-state index in [9.17, 15) is 9.59 Å². The van der Waals surface area contributed by atoms with Gasteiger partial charge < -0.3 is 9.84 Å². The van der Waals surface area contributed by atoms with Gasteiger partial charge in [-0.25, -0.2) is 9.59 Å². The fourth-order valence-electron chi connectivity index (χ4n) is 0.758. The number of carbonyl (C=O) groups is 2. The Morgan fingerprint density at radius 1 is 1.36 bits per heavy atom. The summed E-state index contributed by atoms with van der Waals surface area (Å²) in [4.78, 5) is 21.5. The first kappa shape index (κ1) is 12.4. The van der Waals surface area contributed by atoms with Crippen molar-refractivity contribution < 1.29 is 19.4 Å². The molecule has 0 radical (unpaired) electrons. The van der Waals surface area contributed by atoms with Gasteiger partial charge in [0, 0.05) is 11.1 Å². The Morgan fingerprint density at radius 3 is 2.29 bits per heavy atom. The number of allylic oxidation sites excluding steroid dienone is 2. The fourth-order valence-corrected chi connectivity index (χ4v) is 0.758. The van der Waals surface area contributed by atoms with Crippen molar-refractivity contribution in [1.29, 1.82) is 0 Å². The van der Waals surface area contributed by atoms with Gasteiger partial charge in [-0.1, -0.05) is 19.1 Å². The van der Waals surface area contributed by atoms with Crippen molar-refractivity contribution >= 4 is 11.9 Å². The molecule has 1 N–H and O–H groups in total. The second-order valence-corrected chi connectivity index (χ2v) is 2.69. The number of carboxylic acids is 1. The molecule has 0 aliphatic rings. The van der Waals surface area contributed by atoms with Crippen LogP contribution in [0.3, 0.4) is 0 Å². The first-order chi connectivity index (χ1) is 6.52. The Kier molecular flexibility index (Phi) is 5.29. The maximum atomic E-state index is 11.1. The molecule has 0 rings (SSSR count). The lowest BCUT2D eigenvalue weighted by Crippen LogP contribution is -2.03. The van der Waals surface area contributed by atoms with Crippen molar-refractivity contribution in [2.75, 3.05) is 7.11 Å².